The smallest absolute Gasteiger partial charge is 0.216 e. The minimum atomic E-state index is -3.15. The molecule has 0 aromatic heterocycles. The lowest BCUT2D eigenvalue weighted by Crippen LogP contribution is -2.46. The van der Waals surface area contributed by atoms with E-state index < -0.39 is 10.0 Å². The molecule has 2 aliphatic rings. The minimum absolute atomic E-state index is 0.123. The third-order valence-electron chi connectivity index (χ3n) is 4.17. The van der Waals surface area contributed by atoms with Crippen LogP contribution in [0, 0.1) is 5.92 Å². The van der Waals surface area contributed by atoms with Gasteiger partial charge in [-0.2, -0.15) is 4.31 Å². The van der Waals surface area contributed by atoms with Gasteiger partial charge in [0.05, 0.1) is 12.4 Å². The predicted molar refractivity (Wildman–Crippen MR) is 75.6 cm³/mol. The number of hydrogen-bond donors (Lipinski definition) is 1. The standard InChI is InChI=1S/C13H26N2O3S/c1-2-18-9-10-19(16,17)15-8-4-6-13(15)12-5-3-7-14-11-12/h12-14H,2-11H2,1H3. The van der Waals surface area contributed by atoms with E-state index in [1.165, 1.54) is 0 Å². The molecule has 112 valence electrons. The lowest BCUT2D eigenvalue weighted by atomic mass is 9.91. The van der Waals surface area contributed by atoms with E-state index in [0.717, 1.165) is 38.8 Å². The zero-order chi connectivity index (χ0) is 13.7. The lowest BCUT2D eigenvalue weighted by molar-refractivity contribution is 0.161. The SMILES string of the molecule is CCOCCS(=O)(=O)N1CCCC1C1CCCNC1. The van der Waals surface area contributed by atoms with E-state index in [-0.39, 0.29) is 11.8 Å². The fraction of sp³-hybridized carbons (Fsp3) is 1.00. The summed E-state index contributed by atoms with van der Waals surface area (Å²) in [6.45, 7) is 5.49. The Hall–Kier alpha value is -0.170. The van der Waals surface area contributed by atoms with Gasteiger partial charge in [0, 0.05) is 19.2 Å². The molecule has 0 spiro atoms. The molecule has 2 aliphatic heterocycles. The number of ether oxygens (including phenoxy) is 1. The van der Waals surface area contributed by atoms with Gasteiger partial charge in [-0.1, -0.05) is 0 Å². The summed E-state index contributed by atoms with van der Waals surface area (Å²) in [7, 11) is -3.15. The van der Waals surface area contributed by atoms with Crippen molar-refractivity contribution in [3.8, 4) is 0 Å². The number of nitrogens with zero attached hydrogens (tertiary/aromatic N) is 1. The highest BCUT2D eigenvalue weighted by atomic mass is 32.2. The number of sulfonamides is 1. The van der Waals surface area contributed by atoms with Crippen LogP contribution in [0.3, 0.4) is 0 Å². The van der Waals surface area contributed by atoms with Gasteiger partial charge in [0.15, 0.2) is 0 Å². The second-order valence-electron chi connectivity index (χ2n) is 5.44. The number of nitrogens with one attached hydrogen (secondary N) is 1. The van der Waals surface area contributed by atoms with Crippen molar-refractivity contribution >= 4 is 10.0 Å². The first kappa shape index (κ1) is 15.2. The summed E-state index contributed by atoms with van der Waals surface area (Å²) >= 11 is 0. The van der Waals surface area contributed by atoms with Crippen molar-refractivity contribution in [2.75, 3.05) is 38.6 Å². The average molecular weight is 290 g/mol. The first-order valence-corrected chi connectivity index (χ1v) is 9.04. The van der Waals surface area contributed by atoms with Gasteiger partial charge in [-0.25, -0.2) is 8.42 Å². The van der Waals surface area contributed by atoms with Crippen LogP contribution in [0.2, 0.25) is 0 Å². The Morgan fingerprint density at radius 3 is 2.84 bits per heavy atom. The Balaban J connectivity index is 1.96. The predicted octanol–water partition coefficient (Wildman–Crippen LogP) is 0.817. The molecular weight excluding hydrogens is 264 g/mol. The van der Waals surface area contributed by atoms with E-state index >= 15 is 0 Å². The quantitative estimate of drug-likeness (QED) is 0.736. The summed E-state index contributed by atoms with van der Waals surface area (Å²) in [6.07, 6.45) is 4.32. The molecular formula is C13H26N2O3S. The largest absolute Gasteiger partial charge is 0.381 e. The number of rotatable bonds is 6. The van der Waals surface area contributed by atoms with E-state index in [0.29, 0.717) is 25.7 Å². The Morgan fingerprint density at radius 1 is 1.32 bits per heavy atom. The summed E-state index contributed by atoms with van der Waals surface area (Å²) in [5.41, 5.74) is 0. The van der Waals surface area contributed by atoms with Gasteiger partial charge in [-0.15, -0.1) is 0 Å². The second-order valence-corrected chi connectivity index (χ2v) is 7.48. The third-order valence-corrected chi connectivity index (χ3v) is 6.03. The minimum Gasteiger partial charge on any atom is -0.381 e. The Labute approximate surface area is 116 Å². The van der Waals surface area contributed by atoms with Gasteiger partial charge in [0.1, 0.15) is 0 Å². The molecule has 0 saturated carbocycles. The van der Waals surface area contributed by atoms with Crippen LogP contribution in [0.25, 0.3) is 0 Å². The Morgan fingerprint density at radius 2 is 2.16 bits per heavy atom. The summed E-state index contributed by atoms with van der Waals surface area (Å²) in [4.78, 5) is 0. The normalized spacial score (nSPS) is 29.7. The maximum Gasteiger partial charge on any atom is 0.216 e. The van der Waals surface area contributed by atoms with Crippen LogP contribution in [-0.4, -0.2) is 57.4 Å². The van der Waals surface area contributed by atoms with Crippen molar-refractivity contribution in [1.82, 2.24) is 9.62 Å². The summed E-state index contributed by atoms with van der Waals surface area (Å²) in [5.74, 6) is 0.607. The molecule has 0 bridgehead atoms. The summed E-state index contributed by atoms with van der Waals surface area (Å²) in [5, 5.41) is 3.39. The van der Waals surface area contributed by atoms with Crippen LogP contribution in [0.1, 0.15) is 32.6 Å². The fourth-order valence-corrected chi connectivity index (χ4v) is 4.88. The molecule has 0 aromatic carbocycles. The van der Waals surface area contributed by atoms with E-state index in [9.17, 15) is 8.42 Å². The first-order chi connectivity index (χ1) is 9.15. The van der Waals surface area contributed by atoms with Crippen LogP contribution in [0.5, 0.6) is 0 Å². The maximum absolute atomic E-state index is 12.4. The highest BCUT2D eigenvalue weighted by Crippen LogP contribution is 2.30. The molecule has 2 atom stereocenters. The topological polar surface area (TPSA) is 58.6 Å². The molecule has 6 heteroatoms. The van der Waals surface area contributed by atoms with Gasteiger partial charge in [-0.3, -0.25) is 0 Å². The number of piperidine rings is 1. The molecule has 0 amide bonds. The van der Waals surface area contributed by atoms with Crippen LogP contribution in [-0.2, 0) is 14.8 Å². The molecule has 0 aliphatic carbocycles. The van der Waals surface area contributed by atoms with Crippen LogP contribution in [0.15, 0.2) is 0 Å². The van der Waals surface area contributed by atoms with Crippen molar-refractivity contribution < 1.29 is 13.2 Å². The molecule has 2 saturated heterocycles. The Kier molecular flexibility index (Phi) is 5.62. The fourth-order valence-electron chi connectivity index (χ4n) is 3.22. The summed E-state index contributed by atoms with van der Waals surface area (Å²) in [6, 6.07) is 0.208. The molecule has 0 aromatic rings. The molecule has 0 radical (unpaired) electrons. The van der Waals surface area contributed by atoms with Crippen molar-refractivity contribution in [3.05, 3.63) is 0 Å². The van der Waals surface area contributed by atoms with Crippen molar-refractivity contribution in [1.29, 1.82) is 0 Å². The van der Waals surface area contributed by atoms with Gasteiger partial charge in [-0.05, 0) is 51.6 Å². The maximum atomic E-state index is 12.4. The highest BCUT2D eigenvalue weighted by Gasteiger charge is 2.38. The van der Waals surface area contributed by atoms with E-state index in [4.69, 9.17) is 4.74 Å². The molecule has 19 heavy (non-hydrogen) atoms. The first-order valence-electron chi connectivity index (χ1n) is 7.43. The zero-order valence-electron chi connectivity index (χ0n) is 11.8. The number of hydrogen-bond acceptors (Lipinski definition) is 4. The van der Waals surface area contributed by atoms with Crippen molar-refractivity contribution in [3.63, 3.8) is 0 Å². The monoisotopic (exact) mass is 290 g/mol. The van der Waals surface area contributed by atoms with E-state index in [1.807, 2.05) is 6.92 Å². The van der Waals surface area contributed by atoms with Gasteiger partial charge < -0.3 is 10.1 Å². The van der Waals surface area contributed by atoms with Crippen molar-refractivity contribution in [2.45, 2.75) is 38.6 Å². The van der Waals surface area contributed by atoms with Crippen LogP contribution < -0.4 is 5.32 Å². The molecule has 1 N–H and O–H groups in total. The van der Waals surface area contributed by atoms with Gasteiger partial charge in [0.25, 0.3) is 0 Å². The van der Waals surface area contributed by atoms with Gasteiger partial charge in [0.2, 0.25) is 10.0 Å². The van der Waals surface area contributed by atoms with E-state index in [1.54, 1.807) is 4.31 Å². The van der Waals surface area contributed by atoms with E-state index in [2.05, 4.69) is 5.32 Å². The van der Waals surface area contributed by atoms with Crippen LogP contribution in [0.4, 0.5) is 0 Å². The zero-order valence-corrected chi connectivity index (χ0v) is 12.6. The molecule has 5 nitrogen and oxygen atoms in total. The van der Waals surface area contributed by atoms with Crippen molar-refractivity contribution in [2.24, 2.45) is 5.92 Å². The Bertz CT molecular complexity index is 366. The molecule has 2 heterocycles. The highest BCUT2D eigenvalue weighted by molar-refractivity contribution is 7.89. The average Bonchev–Trinajstić information content (AvgIpc) is 2.90. The lowest BCUT2D eigenvalue weighted by Gasteiger charge is -2.33. The van der Waals surface area contributed by atoms with Gasteiger partial charge >= 0.3 is 0 Å². The van der Waals surface area contributed by atoms with Crippen LogP contribution >= 0.6 is 0 Å². The molecule has 2 rings (SSSR count). The summed E-state index contributed by atoms with van der Waals surface area (Å²) < 4.78 is 31.7. The molecule has 2 fully saturated rings. The third kappa shape index (κ3) is 3.90. The second kappa shape index (κ2) is 7.02. The molecule has 2 unspecified atom stereocenters.